The second kappa shape index (κ2) is 10.2. The normalized spacial score (nSPS) is 17.3. The Morgan fingerprint density at radius 2 is 2.09 bits per heavy atom. The molecular weight excluding hydrogens is 460 g/mol. The molecule has 7 nitrogen and oxygen atoms in total. The SMILES string of the molecule is CCOC(=O)C1=C(C)N=C2SC=C(CC(=O)NCc3ccccn3)N2[C@H]1c1cccc(Cl)c1. The number of nitrogens with one attached hydrogen (secondary N) is 1. The van der Waals surface area contributed by atoms with Crippen LogP contribution in [0, 0.1) is 0 Å². The van der Waals surface area contributed by atoms with Crippen molar-refractivity contribution in [1.82, 2.24) is 15.2 Å². The minimum Gasteiger partial charge on any atom is -0.463 e. The highest BCUT2D eigenvalue weighted by Gasteiger charge is 2.41. The third-order valence-corrected chi connectivity index (χ3v) is 6.32. The summed E-state index contributed by atoms with van der Waals surface area (Å²) in [5.74, 6) is -0.582. The van der Waals surface area contributed by atoms with Crippen LogP contribution in [0.15, 0.2) is 76.0 Å². The van der Waals surface area contributed by atoms with E-state index in [1.165, 1.54) is 11.8 Å². The highest BCUT2D eigenvalue weighted by atomic mass is 35.5. The Kier molecular flexibility index (Phi) is 7.15. The van der Waals surface area contributed by atoms with Gasteiger partial charge < -0.3 is 15.0 Å². The highest BCUT2D eigenvalue weighted by molar-refractivity contribution is 8.16. The van der Waals surface area contributed by atoms with E-state index in [2.05, 4.69) is 15.3 Å². The van der Waals surface area contributed by atoms with Crippen LogP contribution >= 0.6 is 23.4 Å². The standard InChI is InChI=1S/C24H23ClN4O3S/c1-3-32-23(31)21-15(2)28-24-29(22(21)16-7-6-8-17(25)11-16)19(14-33-24)12-20(30)27-13-18-9-4-5-10-26-18/h4-11,14,22H,3,12-13H2,1-2H3,(H,27,30)/t22-/m0/s1. The van der Waals surface area contributed by atoms with Crippen molar-refractivity contribution in [3.63, 3.8) is 0 Å². The van der Waals surface area contributed by atoms with Crippen molar-refractivity contribution in [2.45, 2.75) is 32.9 Å². The molecule has 33 heavy (non-hydrogen) atoms. The van der Waals surface area contributed by atoms with E-state index in [1.807, 2.05) is 46.7 Å². The minimum absolute atomic E-state index is 0.130. The van der Waals surface area contributed by atoms with E-state index in [0.717, 1.165) is 17.0 Å². The lowest BCUT2D eigenvalue weighted by Gasteiger charge is -2.36. The summed E-state index contributed by atoms with van der Waals surface area (Å²) in [7, 11) is 0. The van der Waals surface area contributed by atoms with Gasteiger partial charge in [0.05, 0.1) is 42.6 Å². The number of pyridine rings is 1. The van der Waals surface area contributed by atoms with E-state index in [1.54, 1.807) is 26.1 Å². The summed E-state index contributed by atoms with van der Waals surface area (Å²) in [6.07, 6.45) is 1.82. The van der Waals surface area contributed by atoms with Gasteiger partial charge in [0.1, 0.15) is 0 Å². The molecule has 9 heteroatoms. The molecule has 0 unspecified atom stereocenters. The van der Waals surface area contributed by atoms with Gasteiger partial charge in [0.2, 0.25) is 5.91 Å². The van der Waals surface area contributed by atoms with Crippen molar-refractivity contribution < 1.29 is 14.3 Å². The molecule has 1 aromatic carbocycles. The first-order valence-corrected chi connectivity index (χ1v) is 11.8. The number of hydrogen-bond acceptors (Lipinski definition) is 7. The first-order valence-electron chi connectivity index (χ1n) is 10.5. The highest BCUT2D eigenvalue weighted by Crippen LogP contribution is 2.45. The molecule has 2 aliphatic rings. The smallest absolute Gasteiger partial charge is 0.338 e. The van der Waals surface area contributed by atoms with Crippen LogP contribution in [0.2, 0.25) is 5.02 Å². The molecule has 1 amide bonds. The lowest BCUT2D eigenvalue weighted by molar-refractivity contribution is -0.139. The van der Waals surface area contributed by atoms with Crippen LogP contribution in [0.25, 0.3) is 0 Å². The van der Waals surface area contributed by atoms with Crippen molar-refractivity contribution >= 4 is 40.4 Å². The first-order chi connectivity index (χ1) is 16.0. The number of benzene rings is 1. The first kappa shape index (κ1) is 23.1. The van der Waals surface area contributed by atoms with Gasteiger partial charge in [-0.3, -0.25) is 9.78 Å². The zero-order valence-electron chi connectivity index (χ0n) is 18.2. The van der Waals surface area contributed by atoms with Gasteiger partial charge in [0.15, 0.2) is 5.17 Å². The number of ether oxygens (including phenoxy) is 1. The van der Waals surface area contributed by atoms with E-state index >= 15 is 0 Å². The molecule has 0 aliphatic carbocycles. The van der Waals surface area contributed by atoms with Gasteiger partial charge in [-0.2, -0.15) is 0 Å². The summed E-state index contributed by atoms with van der Waals surface area (Å²) in [4.78, 5) is 36.5. The number of aromatic nitrogens is 1. The van der Waals surface area contributed by atoms with E-state index in [9.17, 15) is 9.59 Å². The summed E-state index contributed by atoms with van der Waals surface area (Å²) >= 11 is 7.71. The Hall–Kier alpha value is -3.10. The van der Waals surface area contributed by atoms with E-state index in [0.29, 0.717) is 28.0 Å². The van der Waals surface area contributed by atoms with Crippen molar-refractivity contribution in [2.24, 2.45) is 4.99 Å². The zero-order chi connectivity index (χ0) is 23.4. The third-order valence-electron chi connectivity index (χ3n) is 5.19. The molecule has 0 bridgehead atoms. The number of amides is 1. The van der Waals surface area contributed by atoms with Crippen LogP contribution in [0.4, 0.5) is 0 Å². The molecule has 4 rings (SSSR count). The number of fused-ring (bicyclic) bond motifs is 1. The summed E-state index contributed by atoms with van der Waals surface area (Å²) < 4.78 is 5.35. The molecule has 3 heterocycles. The Balaban J connectivity index is 1.61. The molecular formula is C24H23ClN4O3S. The molecule has 2 aliphatic heterocycles. The van der Waals surface area contributed by atoms with E-state index in [4.69, 9.17) is 16.3 Å². The maximum Gasteiger partial charge on any atom is 0.338 e. The van der Waals surface area contributed by atoms with Crippen LogP contribution < -0.4 is 5.32 Å². The predicted octanol–water partition coefficient (Wildman–Crippen LogP) is 4.58. The number of aliphatic imine (C=N–C) groups is 1. The lowest BCUT2D eigenvalue weighted by Crippen LogP contribution is -2.38. The van der Waals surface area contributed by atoms with Gasteiger partial charge >= 0.3 is 5.97 Å². The number of hydrogen-bond donors (Lipinski definition) is 1. The summed E-state index contributed by atoms with van der Waals surface area (Å²) in [5, 5.41) is 6.07. The van der Waals surface area contributed by atoms with Crippen LogP contribution in [-0.4, -0.2) is 33.5 Å². The van der Waals surface area contributed by atoms with Crippen LogP contribution in [0.1, 0.15) is 37.6 Å². The largest absolute Gasteiger partial charge is 0.463 e. The predicted molar refractivity (Wildman–Crippen MR) is 129 cm³/mol. The topological polar surface area (TPSA) is 83.9 Å². The van der Waals surface area contributed by atoms with Crippen molar-refractivity contribution in [1.29, 1.82) is 0 Å². The third kappa shape index (κ3) is 5.12. The van der Waals surface area contributed by atoms with Crippen molar-refractivity contribution in [3.8, 4) is 0 Å². The second-order valence-electron chi connectivity index (χ2n) is 7.44. The monoisotopic (exact) mass is 482 g/mol. The lowest BCUT2D eigenvalue weighted by atomic mass is 9.94. The fourth-order valence-corrected chi connectivity index (χ4v) is 4.91. The van der Waals surface area contributed by atoms with E-state index in [-0.39, 0.29) is 18.9 Å². The van der Waals surface area contributed by atoms with Gasteiger partial charge in [0, 0.05) is 16.9 Å². The Labute approximate surface area is 201 Å². The van der Waals surface area contributed by atoms with Gasteiger partial charge in [0.25, 0.3) is 0 Å². The number of nitrogens with zero attached hydrogens (tertiary/aromatic N) is 3. The van der Waals surface area contributed by atoms with Gasteiger partial charge in [-0.1, -0.05) is 41.6 Å². The molecule has 2 aromatic rings. The fourth-order valence-electron chi connectivity index (χ4n) is 3.75. The van der Waals surface area contributed by atoms with Crippen molar-refractivity contribution in [2.75, 3.05) is 6.61 Å². The number of amidine groups is 1. The number of thioether (sulfide) groups is 1. The minimum atomic E-state index is -0.500. The average Bonchev–Trinajstić information content (AvgIpc) is 3.19. The fraction of sp³-hybridized carbons (Fsp3) is 0.250. The number of carbonyl (C=O) groups excluding carboxylic acids is 2. The number of carbonyl (C=O) groups is 2. The van der Waals surface area contributed by atoms with Crippen LogP contribution in [0.5, 0.6) is 0 Å². The Morgan fingerprint density at radius 1 is 1.24 bits per heavy atom. The number of allylic oxidation sites excluding steroid dienone is 1. The molecule has 0 spiro atoms. The van der Waals surface area contributed by atoms with Crippen molar-refractivity contribution in [3.05, 3.63) is 87.3 Å². The molecule has 0 saturated heterocycles. The zero-order valence-corrected chi connectivity index (χ0v) is 19.8. The molecule has 0 fully saturated rings. The van der Waals surface area contributed by atoms with Gasteiger partial charge in [-0.25, -0.2) is 9.79 Å². The Bertz CT molecular complexity index is 1160. The van der Waals surface area contributed by atoms with E-state index < -0.39 is 12.0 Å². The molecule has 1 N–H and O–H groups in total. The van der Waals surface area contributed by atoms with Gasteiger partial charge in [-0.05, 0) is 49.1 Å². The maximum atomic E-state index is 12.9. The maximum absolute atomic E-state index is 12.9. The number of rotatable bonds is 7. The molecule has 170 valence electrons. The van der Waals surface area contributed by atoms with Crippen LogP contribution in [0.3, 0.4) is 0 Å². The summed E-state index contributed by atoms with van der Waals surface area (Å²) in [6, 6.07) is 12.4. The number of halogens is 1. The summed E-state index contributed by atoms with van der Waals surface area (Å²) in [5.41, 5.74) is 3.37. The molecule has 0 radical (unpaired) electrons. The quantitative estimate of drug-likeness (QED) is 0.581. The average molecular weight is 483 g/mol. The molecule has 1 aromatic heterocycles. The molecule has 0 saturated carbocycles. The van der Waals surface area contributed by atoms with Crippen LogP contribution in [-0.2, 0) is 20.9 Å². The van der Waals surface area contributed by atoms with Gasteiger partial charge in [-0.15, -0.1) is 0 Å². The second-order valence-corrected chi connectivity index (χ2v) is 8.72. The Morgan fingerprint density at radius 3 is 2.82 bits per heavy atom. The number of esters is 1. The summed E-state index contributed by atoms with van der Waals surface area (Å²) in [6.45, 7) is 4.16. The molecule has 1 atom stereocenters.